The zero-order valence-electron chi connectivity index (χ0n) is 10.2. The van der Waals surface area contributed by atoms with E-state index in [4.69, 9.17) is 9.47 Å². The fourth-order valence-corrected chi connectivity index (χ4v) is 1.71. The Balaban J connectivity index is 2.00. The maximum Gasteiger partial charge on any atom is 0.123 e. The van der Waals surface area contributed by atoms with Gasteiger partial charge in [0.15, 0.2) is 0 Å². The second-order valence-electron chi connectivity index (χ2n) is 3.94. The molecule has 0 saturated heterocycles. The number of aromatic hydroxyl groups is 1. The Morgan fingerprint density at radius 2 is 1.83 bits per heavy atom. The molecule has 0 aliphatic rings. The quantitative estimate of drug-likeness (QED) is 0.878. The minimum Gasteiger partial charge on any atom is -0.508 e. The van der Waals surface area contributed by atoms with Crippen LogP contribution in [0.15, 0.2) is 54.6 Å². The lowest BCUT2D eigenvalue weighted by atomic mass is 10.1. The predicted molar refractivity (Wildman–Crippen MR) is 69.8 cm³/mol. The van der Waals surface area contributed by atoms with Crippen molar-refractivity contribution in [1.29, 1.82) is 0 Å². The van der Waals surface area contributed by atoms with Crippen LogP contribution in [0.5, 0.6) is 11.5 Å². The summed E-state index contributed by atoms with van der Waals surface area (Å²) in [6.45, 7) is 0.407. The molecule has 0 aliphatic carbocycles. The van der Waals surface area contributed by atoms with Crippen LogP contribution in [-0.2, 0) is 4.74 Å². The molecule has 0 bridgehead atoms. The topological polar surface area (TPSA) is 38.7 Å². The lowest BCUT2D eigenvalue weighted by molar-refractivity contribution is 0.0575. The molecule has 0 aromatic heterocycles. The molecule has 3 nitrogen and oxygen atoms in total. The number of hydrogen-bond donors (Lipinski definition) is 1. The molecule has 1 N–H and O–H groups in total. The monoisotopic (exact) mass is 244 g/mol. The van der Waals surface area contributed by atoms with Crippen molar-refractivity contribution < 1.29 is 14.6 Å². The summed E-state index contributed by atoms with van der Waals surface area (Å²) < 4.78 is 11.0. The molecule has 2 rings (SSSR count). The van der Waals surface area contributed by atoms with Crippen molar-refractivity contribution in [3.8, 4) is 11.5 Å². The summed E-state index contributed by atoms with van der Waals surface area (Å²) in [7, 11) is 1.66. The first-order valence-corrected chi connectivity index (χ1v) is 5.79. The van der Waals surface area contributed by atoms with Gasteiger partial charge in [-0.2, -0.15) is 0 Å². The van der Waals surface area contributed by atoms with Crippen molar-refractivity contribution >= 4 is 0 Å². The van der Waals surface area contributed by atoms with E-state index in [1.807, 2.05) is 30.3 Å². The van der Waals surface area contributed by atoms with Crippen molar-refractivity contribution in [2.24, 2.45) is 0 Å². The molecular weight excluding hydrogens is 228 g/mol. The molecule has 94 valence electrons. The van der Waals surface area contributed by atoms with Crippen molar-refractivity contribution in [3.05, 3.63) is 60.2 Å². The molecule has 0 amide bonds. The lowest BCUT2D eigenvalue weighted by Gasteiger charge is -2.16. The van der Waals surface area contributed by atoms with Crippen LogP contribution < -0.4 is 4.74 Å². The van der Waals surface area contributed by atoms with Crippen LogP contribution in [0.2, 0.25) is 0 Å². The van der Waals surface area contributed by atoms with Gasteiger partial charge in [0.2, 0.25) is 0 Å². The molecule has 0 radical (unpaired) electrons. The highest BCUT2D eigenvalue weighted by atomic mass is 16.5. The smallest absolute Gasteiger partial charge is 0.123 e. The van der Waals surface area contributed by atoms with Crippen molar-refractivity contribution in [2.75, 3.05) is 13.7 Å². The minimum absolute atomic E-state index is 0.117. The first kappa shape index (κ1) is 12.5. The van der Waals surface area contributed by atoms with E-state index in [1.165, 1.54) is 0 Å². The summed E-state index contributed by atoms with van der Waals surface area (Å²) in [6, 6.07) is 16.6. The molecule has 3 heteroatoms. The Kier molecular flexibility index (Phi) is 4.20. The first-order chi connectivity index (χ1) is 8.79. The minimum atomic E-state index is -0.117. The maximum absolute atomic E-state index is 9.34. The second kappa shape index (κ2) is 6.07. The van der Waals surface area contributed by atoms with Crippen LogP contribution >= 0.6 is 0 Å². The number of phenols is 1. The number of hydrogen-bond acceptors (Lipinski definition) is 3. The number of benzene rings is 2. The summed E-state index contributed by atoms with van der Waals surface area (Å²) in [5.74, 6) is 0.828. The third-order valence-electron chi connectivity index (χ3n) is 2.67. The molecule has 0 unspecified atom stereocenters. The second-order valence-corrected chi connectivity index (χ2v) is 3.94. The van der Waals surface area contributed by atoms with Crippen LogP contribution in [0.25, 0.3) is 0 Å². The highest BCUT2D eigenvalue weighted by Crippen LogP contribution is 2.21. The van der Waals surface area contributed by atoms with E-state index in [2.05, 4.69) is 0 Å². The highest BCUT2D eigenvalue weighted by Gasteiger charge is 2.10. The van der Waals surface area contributed by atoms with Crippen molar-refractivity contribution in [2.45, 2.75) is 6.10 Å². The molecule has 2 aromatic rings. The normalized spacial score (nSPS) is 12.1. The Bertz CT molecular complexity index is 482. The van der Waals surface area contributed by atoms with Crippen molar-refractivity contribution in [3.63, 3.8) is 0 Å². The number of ether oxygens (including phenoxy) is 2. The Hall–Kier alpha value is -2.00. The fourth-order valence-electron chi connectivity index (χ4n) is 1.71. The average Bonchev–Trinajstić information content (AvgIpc) is 2.41. The molecule has 1 atom stereocenters. The summed E-state index contributed by atoms with van der Waals surface area (Å²) in [5.41, 5.74) is 1.07. The average molecular weight is 244 g/mol. The van der Waals surface area contributed by atoms with Gasteiger partial charge in [0, 0.05) is 13.2 Å². The van der Waals surface area contributed by atoms with E-state index in [0.717, 1.165) is 5.56 Å². The Morgan fingerprint density at radius 3 is 2.50 bits per heavy atom. The molecule has 0 fully saturated rings. The van der Waals surface area contributed by atoms with Crippen LogP contribution in [0, 0.1) is 0 Å². The number of methoxy groups -OCH3 is 1. The van der Waals surface area contributed by atoms with Gasteiger partial charge in [-0.1, -0.05) is 36.4 Å². The summed E-state index contributed by atoms with van der Waals surface area (Å²) in [4.78, 5) is 0. The third kappa shape index (κ3) is 3.25. The van der Waals surface area contributed by atoms with Gasteiger partial charge >= 0.3 is 0 Å². The molecule has 2 aromatic carbocycles. The van der Waals surface area contributed by atoms with Gasteiger partial charge in [0.05, 0.1) is 0 Å². The summed E-state index contributed by atoms with van der Waals surface area (Å²) in [6.07, 6.45) is -0.117. The van der Waals surface area contributed by atoms with E-state index in [9.17, 15) is 5.11 Å². The van der Waals surface area contributed by atoms with Crippen LogP contribution in [0.1, 0.15) is 11.7 Å². The highest BCUT2D eigenvalue weighted by molar-refractivity contribution is 5.31. The first-order valence-electron chi connectivity index (χ1n) is 5.79. The SMILES string of the molecule is CO[C@@H](COc1cccc(O)c1)c1ccccc1. The Morgan fingerprint density at radius 1 is 1.06 bits per heavy atom. The Labute approximate surface area is 107 Å². The van der Waals surface area contributed by atoms with Gasteiger partial charge in [-0.3, -0.25) is 0 Å². The molecule has 18 heavy (non-hydrogen) atoms. The summed E-state index contributed by atoms with van der Waals surface area (Å²) >= 11 is 0. The van der Waals surface area contributed by atoms with E-state index in [1.54, 1.807) is 31.4 Å². The third-order valence-corrected chi connectivity index (χ3v) is 2.67. The fraction of sp³-hybridized carbons (Fsp3) is 0.200. The van der Waals surface area contributed by atoms with E-state index < -0.39 is 0 Å². The van der Waals surface area contributed by atoms with E-state index >= 15 is 0 Å². The van der Waals surface area contributed by atoms with Gasteiger partial charge in [0.1, 0.15) is 24.2 Å². The standard InChI is InChI=1S/C15H16O3/c1-17-15(12-6-3-2-4-7-12)11-18-14-9-5-8-13(16)10-14/h2-10,15-16H,11H2,1H3/t15-/m0/s1. The maximum atomic E-state index is 9.34. The van der Waals surface area contributed by atoms with Gasteiger partial charge in [-0.15, -0.1) is 0 Å². The van der Waals surface area contributed by atoms with Gasteiger partial charge in [0.25, 0.3) is 0 Å². The zero-order chi connectivity index (χ0) is 12.8. The number of rotatable bonds is 5. The van der Waals surface area contributed by atoms with E-state index in [-0.39, 0.29) is 11.9 Å². The van der Waals surface area contributed by atoms with E-state index in [0.29, 0.717) is 12.4 Å². The van der Waals surface area contributed by atoms with Gasteiger partial charge in [-0.25, -0.2) is 0 Å². The number of phenolic OH excluding ortho intramolecular Hbond substituents is 1. The van der Waals surface area contributed by atoms with Gasteiger partial charge < -0.3 is 14.6 Å². The molecule has 0 aliphatic heterocycles. The largest absolute Gasteiger partial charge is 0.508 e. The van der Waals surface area contributed by atoms with Crippen LogP contribution in [-0.4, -0.2) is 18.8 Å². The zero-order valence-corrected chi connectivity index (χ0v) is 10.2. The van der Waals surface area contributed by atoms with Crippen LogP contribution in [0.3, 0.4) is 0 Å². The van der Waals surface area contributed by atoms with Gasteiger partial charge in [-0.05, 0) is 17.7 Å². The molecule has 0 heterocycles. The van der Waals surface area contributed by atoms with Crippen molar-refractivity contribution in [1.82, 2.24) is 0 Å². The predicted octanol–water partition coefficient (Wildman–Crippen LogP) is 3.16. The molecule has 0 saturated carbocycles. The lowest BCUT2D eigenvalue weighted by Crippen LogP contribution is -2.12. The molecule has 0 spiro atoms. The van der Waals surface area contributed by atoms with Crippen LogP contribution in [0.4, 0.5) is 0 Å². The summed E-state index contributed by atoms with van der Waals surface area (Å²) in [5, 5.41) is 9.34. The molecular formula is C15H16O3.